The van der Waals surface area contributed by atoms with Crippen molar-refractivity contribution in [1.82, 2.24) is 15.3 Å². The predicted molar refractivity (Wildman–Crippen MR) is 69.5 cm³/mol. The van der Waals surface area contributed by atoms with E-state index < -0.39 is 0 Å². The Bertz CT molecular complexity index is 305. The largest absolute Gasteiger partial charge is 0.311 e. The van der Waals surface area contributed by atoms with E-state index >= 15 is 0 Å². The summed E-state index contributed by atoms with van der Waals surface area (Å²) >= 11 is 0. The van der Waals surface area contributed by atoms with E-state index in [2.05, 4.69) is 22.2 Å². The highest BCUT2D eigenvalue weighted by Gasteiger charge is 2.19. The number of hydrogen-bond acceptors (Lipinski definition) is 3. The Hall–Kier alpha value is -0.960. The van der Waals surface area contributed by atoms with Gasteiger partial charge in [0.2, 0.25) is 0 Å². The van der Waals surface area contributed by atoms with Crippen LogP contribution >= 0.6 is 0 Å². The van der Waals surface area contributed by atoms with Crippen molar-refractivity contribution < 1.29 is 0 Å². The molecule has 1 aromatic heterocycles. The van der Waals surface area contributed by atoms with Gasteiger partial charge in [-0.05, 0) is 31.2 Å². The fraction of sp³-hybridized carbons (Fsp3) is 0.714. The molecule has 1 saturated carbocycles. The predicted octanol–water partition coefficient (Wildman–Crippen LogP) is 2.78. The van der Waals surface area contributed by atoms with Crippen LogP contribution in [0.25, 0.3) is 0 Å². The van der Waals surface area contributed by atoms with Crippen molar-refractivity contribution in [3.63, 3.8) is 0 Å². The van der Waals surface area contributed by atoms with E-state index in [-0.39, 0.29) is 0 Å². The van der Waals surface area contributed by atoms with Crippen LogP contribution in [0.2, 0.25) is 0 Å². The van der Waals surface area contributed by atoms with E-state index in [1.165, 1.54) is 32.1 Å². The van der Waals surface area contributed by atoms with Gasteiger partial charge in [0.15, 0.2) is 0 Å². The molecule has 1 fully saturated rings. The number of nitrogens with one attached hydrogen (secondary N) is 1. The van der Waals surface area contributed by atoms with E-state index in [1.54, 1.807) is 12.4 Å². The summed E-state index contributed by atoms with van der Waals surface area (Å²) in [6.45, 7) is 4.30. The summed E-state index contributed by atoms with van der Waals surface area (Å²) in [5.74, 6) is 1.86. The number of nitrogens with zero attached hydrogens (tertiary/aromatic N) is 2. The molecule has 1 heterocycles. The fourth-order valence-corrected chi connectivity index (χ4v) is 2.67. The molecule has 1 N–H and O–H groups in total. The zero-order valence-corrected chi connectivity index (χ0v) is 10.7. The molecule has 1 aliphatic carbocycles. The van der Waals surface area contributed by atoms with Crippen molar-refractivity contribution in [2.75, 3.05) is 6.54 Å². The first kappa shape index (κ1) is 12.5. The van der Waals surface area contributed by atoms with Crippen LogP contribution in [-0.4, -0.2) is 16.5 Å². The smallest absolute Gasteiger partial charge is 0.0724 e. The van der Waals surface area contributed by atoms with Crippen molar-refractivity contribution in [3.05, 3.63) is 24.3 Å². The standard InChI is InChI=1S/C14H23N3/c1-2-12-3-5-13(6-4-12)9-16-11-14-10-15-7-8-17-14/h7-8,10,12-13,16H,2-6,9,11H2,1H3. The van der Waals surface area contributed by atoms with Crippen LogP contribution < -0.4 is 5.32 Å². The third kappa shape index (κ3) is 4.08. The zero-order chi connectivity index (χ0) is 11.9. The molecule has 3 nitrogen and oxygen atoms in total. The van der Waals surface area contributed by atoms with Crippen molar-refractivity contribution in [2.45, 2.75) is 45.6 Å². The molecule has 0 unspecified atom stereocenters. The molecule has 0 aromatic carbocycles. The van der Waals surface area contributed by atoms with Crippen molar-refractivity contribution in [1.29, 1.82) is 0 Å². The third-order valence-electron chi connectivity index (χ3n) is 3.90. The van der Waals surface area contributed by atoms with Gasteiger partial charge in [0.25, 0.3) is 0 Å². The summed E-state index contributed by atoms with van der Waals surface area (Å²) in [4.78, 5) is 8.33. The van der Waals surface area contributed by atoms with Gasteiger partial charge in [-0.2, -0.15) is 0 Å². The highest BCUT2D eigenvalue weighted by Crippen LogP contribution is 2.30. The average Bonchev–Trinajstić information content (AvgIpc) is 2.41. The SMILES string of the molecule is CCC1CCC(CNCc2cnccn2)CC1. The lowest BCUT2D eigenvalue weighted by atomic mass is 9.81. The Kier molecular flexibility index (Phi) is 4.92. The molecule has 1 aliphatic rings. The molecule has 0 aliphatic heterocycles. The Balaban J connectivity index is 1.63. The maximum Gasteiger partial charge on any atom is 0.0724 e. The number of hydrogen-bond donors (Lipinski definition) is 1. The van der Waals surface area contributed by atoms with Gasteiger partial charge in [-0.3, -0.25) is 9.97 Å². The van der Waals surface area contributed by atoms with E-state index in [4.69, 9.17) is 0 Å². The van der Waals surface area contributed by atoms with E-state index in [0.717, 1.165) is 30.6 Å². The maximum atomic E-state index is 4.26. The zero-order valence-electron chi connectivity index (χ0n) is 10.7. The molecule has 3 heteroatoms. The van der Waals surface area contributed by atoms with Crippen molar-refractivity contribution in [3.8, 4) is 0 Å². The highest BCUT2D eigenvalue weighted by atomic mass is 14.9. The highest BCUT2D eigenvalue weighted by molar-refractivity contribution is 4.93. The number of aromatic nitrogens is 2. The van der Waals surface area contributed by atoms with Gasteiger partial charge in [0.1, 0.15) is 0 Å². The first-order chi connectivity index (χ1) is 8.38. The molecule has 0 bridgehead atoms. The lowest BCUT2D eigenvalue weighted by Gasteiger charge is -2.27. The molecule has 1 aromatic rings. The minimum Gasteiger partial charge on any atom is -0.311 e. The van der Waals surface area contributed by atoms with Crippen LogP contribution in [-0.2, 0) is 6.54 Å². The summed E-state index contributed by atoms with van der Waals surface area (Å²) in [5, 5.41) is 3.50. The monoisotopic (exact) mass is 233 g/mol. The molecule has 0 amide bonds. The van der Waals surface area contributed by atoms with Crippen LogP contribution in [0.15, 0.2) is 18.6 Å². The average molecular weight is 233 g/mol. The minimum atomic E-state index is 0.849. The van der Waals surface area contributed by atoms with Gasteiger partial charge in [0, 0.05) is 25.1 Å². The quantitative estimate of drug-likeness (QED) is 0.849. The van der Waals surface area contributed by atoms with Crippen LogP contribution in [0.4, 0.5) is 0 Å². The molecule has 0 saturated heterocycles. The normalized spacial score (nSPS) is 24.8. The van der Waals surface area contributed by atoms with Gasteiger partial charge < -0.3 is 5.32 Å². The maximum absolute atomic E-state index is 4.26. The Morgan fingerprint density at radius 3 is 2.59 bits per heavy atom. The first-order valence-corrected chi connectivity index (χ1v) is 6.84. The number of rotatable bonds is 5. The first-order valence-electron chi connectivity index (χ1n) is 6.84. The minimum absolute atomic E-state index is 0.849. The lowest BCUT2D eigenvalue weighted by molar-refractivity contribution is 0.262. The third-order valence-corrected chi connectivity index (χ3v) is 3.90. The summed E-state index contributed by atoms with van der Waals surface area (Å²) < 4.78 is 0. The Labute approximate surface area is 104 Å². The molecule has 2 rings (SSSR count). The summed E-state index contributed by atoms with van der Waals surface area (Å²) in [6, 6.07) is 0. The van der Waals surface area contributed by atoms with Crippen molar-refractivity contribution in [2.24, 2.45) is 11.8 Å². The van der Waals surface area contributed by atoms with Crippen LogP contribution in [0.5, 0.6) is 0 Å². The molecular weight excluding hydrogens is 210 g/mol. The van der Waals surface area contributed by atoms with Crippen LogP contribution in [0.1, 0.15) is 44.7 Å². The molecule has 0 spiro atoms. The van der Waals surface area contributed by atoms with Crippen LogP contribution in [0.3, 0.4) is 0 Å². The van der Waals surface area contributed by atoms with Gasteiger partial charge >= 0.3 is 0 Å². The second-order valence-corrected chi connectivity index (χ2v) is 5.12. The molecular formula is C14H23N3. The van der Waals surface area contributed by atoms with E-state index in [0.29, 0.717) is 0 Å². The summed E-state index contributed by atoms with van der Waals surface area (Å²) in [5.41, 5.74) is 1.04. The molecule has 94 valence electrons. The summed E-state index contributed by atoms with van der Waals surface area (Å²) in [6.07, 6.45) is 12.3. The fourth-order valence-electron chi connectivity index (χ4n) is 2.67. The van der Waals surface area contributed by atoms with Gasteiger partial charge in [-0.25, -0.2) is 0 Å². The van der Waals surface area contributed by atoms with E-state index in [1.807, 2.05) is 6.20 Å². The lowest BCUT2D eigenvalue weighted by Crippen LogP contribution is -2.26. The second kappa shape index (κ2) is 6.70. The summed E-state index contributed by atoms with van der Waals surface area (Å²) in [7, 11) is 0. The van der Waals surface area contributed by atoms with E-state index in [9.17, 15) is 0 Å². The molecule has 17 heavy (non-hydrogen) atoms. The second-order valence-electron chi connectivity index (χ2n) is 5.12. The molecule has 0 radical (unpaired) electrons. The Morgan fingerprint density at radius 1 is 1.18 bits per heavy atom. The topological polar surface area (TPSA) is 37.8 Å². The van der Waals surface area contributed by atoms with Crippen LogP contribution in [0, 0.1) is 11.8 Å². The Morgan fingerprint density at radius 2 is 1.94 bits per heavy atom. The van der Waals surface area contributed by atoms with Gasteiger partial charge in [0.05, 0.1) is 5.69 Å². The van der Waals surface area contributed by atoms with Gasteiger partial charge in [-0.1, -0.05) is 26.2 Å². The van der Waals surface area contributed by atoms with Crippen molar-refractivity contribution >= 4 is 0 Å². The molecule has 0 atom stereocenters. The van der Waals surface area contributed by atoms with Gasteiger partial charge in [-0.15, -0.1) is 0 Å².